The molecule has 0 saturated carbocycles. The summed E-state index contributed by atoms with van der Waals surface area (Å²) in [6.07, 6.45) is 0. The number of hydrogen-bond donors (Lipinski definition) is 1. The second kappa shape index (κ2) is 5.91. The Bertz CT molecular complexity index is 540. The Kier molecular flexibility index (Phi) is 4.26. The summed E-state index contributed by atoms with van der Waals surface area (Å²) in [7, 11) is 1.68. The molecule has 0 aliphatic carbocycles. The van der Waals surface area contributed by atoms with Crippen LogP contribution in [0.15, 0.2) is 46.9 Å². The van der Waals surface area contributed by atoms with E-state index in [1.807, 2.05) is 24.3 Å². The van der Waals surface area contributed by atoms with Crippen LogP contribution in [0.2, 0.25) is 0 Å². The summed E-state index contributed by atoms with van der Waals surface area (Å²) in [6.45, 7) is 2.86. The molecule has 18 heavy (non-hydrogen) atoms. The first-order valence-corrected chi connectivity index (χ1v) is 6.62. The van der Waals surface area contributed by atoms with Crippen molar-refractivity contribution in [3.8, 4) is 5.75 Å². The molecule has 0 unspecified atom stereocenters. The van der Waals surface area contributed by atoms with Gasteiger partial charge in [0, 0.05) is 16.7 Å². The molecule has 0 aliphatic rings. The van der Waals surface area contributed by atoms with Crippen LogP contribution in [0.5, 0.6) is 5.75 Å². The van der Waals surface area contributed by atoms with Crippen molar-refractivity contribution in [2.75, 3.05) is 12.4 Å². The molecule has 0 radical (unpaired) electrons. The molecule has 2 rings (SSSR count). The molecule has 0 amide bonds. The molecule has 2 aromatic carbocycles. The summed E-state index contributed by atoms with van der Waals surface area (Å²) >= 11 is 3.59. The Morgan fingerprint density at radius 2 is 1.94 bits per heavy atom. The van der Waals surface area contributed by atoms with E-state index in [2.05, 4.69) is 46.4 Å². The van der Waals surface area contributed by atoms with E-state index in [1.54, 1.807) is 7.11 Å². The highest BCUT2D eigenvalue weighted by atomic mass is 79.9. The second-order valence-corrected chi connectivity index (χ2v) is 4.93. The maximum atomic E-state index is 5.21. The van der Waals surface area contributed by atoms with Crippen molar-refractivity contribution in [3.63, 3.8) is 0 Å². The smallest absolute Gasteiger partial charge is 0.119 e. The number of aryl methyl sites for hydroxylation is 1. The highest BCUT2D eigenvalue weighted by Crippen LogP contribution is 2.26. The van der Waals surface area contributed by atoms with Gasteiger partial charge < -0.3 is 10.1 Å². The topological polar surface area (TPSA) is 21.3 Å². The van der Waals surface area contributed by atoms with E-state index in [0.29, 0.717) is 0 Å². The van der Waals surface area contributed by atoms with Gasteiger partial charge in [0.05, 0.1) is 7.11 Å². The predicted molar refractivity (Wildman–Crippen MR) is 79.2 cm³/mol. The molecule has 0 aromatic heterocycles. The minimum Gasteiger partial charge on any atom is -0.497 e. The quantitative estimate of drug-likeness (QED) is 0.905. The Labute approximate surface area is 116 Å². The summed E-state index contributed by atoms with van der Waals surface area (Å²) in [4.78, 5) is 0. The first kappa shape index (κ1) is 13.0. The van der Waals surface area contributed by atoms with Gasteiger partial charge in [-0.1, -0.05) is 24.3 Å². The van der Waals surface area contributed by atoms with Crippen LogP contribution in [-0.4, -0.2) is 7.11 Å². The molecule has 0 fully saturated rings. The fraction of sp³-hybridized carbons (Fsp3) is 0.200. The molecule has 0 bridgehead atoms. The molecular weight excluding hydrogens is 290 g/mol. The minimum absolute atomic E-state index is 0.777. The molecule has 3 heteroatoms. The van der Waals surface area contributed by atoms with E-state index in [0.717, 1.165) is 22.5 Å². The van der Waals surface area contributed by atoms with Crippen LogP contribution in [0.1, 0.15) is 11.1 Å². The Morgan fingerprint density at radius 3 is 2.72 bits per heavy atom. The van der Waals surface area contributed by atoms with E-state index in [9.17, 15) is 0 Å². The lowest BCUT2D eigenvalue weighted by atomic mass is 10.2. The molecule has 0 aliphatic heterocycles. The van der Waals surface area contributed by atoms with Gasteiger partial charge in [0.15, 0.2) is 0 Å². The third-order valence-corrected chi connectivity index (χ3v) is 3.86. The zero-order valence-corrected chi connectivity index (χ0v) is 12.1. The Balaban J connectivity index is 2.09. The Hall–Kier alpha value is -1.48. The number of hydrogen-bond acceptors (Lipinski definition) is 2. The fourth-order valence-corrected chi connectivity index (χ4v) is 2.17. The SMILES string of the molecule is COc1cccc(CNc2cccc(C)c2Br)c1. The van der Waals surface area contributed by atoms with Crippen LogP contribution in [0, 0.1) is 6.92 Å². The first-order chi connectivity index (χ1) is 8.70. The zero-order chi connectivity index (χ0) is 13.0. The van der Waals surface area contributed by atoms with E-state index in [-0.39, 0.29) is 0 Å². The maximum absolute atomic E-state index is 5.21. The maximum Gasteiger partial charge on any atom is 0.119 e. The number of halogens is 1. The second-order valence-electron chi connectivity index (χ2n) is 4.14. The van der Waals surface area contributed by atoms with Crippen molar-refractivity contribution in [2.24, 2.45) is 0 Å². The van der Waals surface area contributed by atoms with E-state index in [4.69, 9.17) is 4.74 Å². The Morgan fingerprint density at radius 1 is 1.17 bits per heavy atom. The van der Waals surface area contributed by atoms with Crippen molar-refractivity contribution in [1.82, 2.24) is 0 Å². The van der Waals surface area contributed by atoms with Crippen molar-refractivity contribution >= 4 is 21.6 Å². The molecular formula is C15H16BrNO. The van der Waals surface area contributed by atoms with Gasteiger partial charge in [-0.25, -0.2) is 0 Å². The van der Waals surface area contributed by atoms with Gasteiger partial charge >= 0.3 is 0 Å². The van der Waals surface area contributed by atoms with E-state index < -0.39 is 0 Å². The van der Waals surface area contributed by atoms with Gasteiger partial charge in [-0.2, -0.15) is 0 Å². The number of ether oxygens (including phenoxy) is 1. The monoisotopic (exact) mass is 305 g/mol. The first-order valence-electron chi connectivity index (χ1n) is 5.82. The molecule has 0 atom stereocenters. The van der Waals surface area contributed by atoms with Gasteiger partial charge in [-0.05, 0) is 52.2 Å². The van der Waals surface area contributed by atoms with E-state index >= 15 is 0 Å². The lowest BCUT2D eigenvalue weighted by Gasteiger charge is -2.11. The van der Waals surface area contributed by atoms with Gasteiger partial charge in [-0.15, -0.1) is 0 Å². The average Bonchev–Trinajstić information content (AvgIpc) is 2.41. The lowest BCUT2D eigenvalue weighted by molar-refractivity contribution is 0.414. The van der Waals surface area contributed by atoms with Gasteiger partial charge in [0.1, 0.15) is 5.75 Å². The summed E-state index contributed by atoms with van der Waals surface area (Å²) in [5.74, 6) is 0.887. The fourth-order valence-electron chi connectivity index (χ4n) is 1.76. The van der Waals surface area contributed by atoms with Crippen molar-refractivity contribution in [2.45, 2.75) is 13.5 Å². The molecule has 0 heterocycles. The third-order valence-electron chi connectivity index (χ3n) is 2.81. The van der Waals surface area contributed by atoms with Crippen molar-refractivity contribution < 1.29 is 4.74 Å². The van der Waals surface area contributed by atoms with Crippen LogP contribution >= 0.6 is 15.9 Å². The van der Waals surface area contributed by atoms with Crippen LogP contribution in [0.4, 0.5) is 5.69 Å². The van der Waals surface area contributed by atoms with Crippen molar-refractivity contribution in [3.05, 3.63) is 58.1 Å². The summed E-state index contributed by atoms with van der Waals surface area (Å²) < 4.78 is 6.33. The number of rotatable bonds is 4. The highest BCUT2D eigenvalue weighted by Gasteiger charge is 2.02. The molecule has 2 aromatic rings. The number of benzene rings is 2. The van der Waals surface area contributed by atoms with Gasteiger partial charge in [0.25, 0.3) is 0 Å². The number of nitrogens with one attached hydrogen (secondary N) is 1. The van der Waals surface area contributed by atoms with Crippen LogP contribution in [0.3, 0.4) is 0 Å². The van der Waals surface area contributed by atoms with Crippen LogP contribution < -0.4 is 10.1 Å². The standard InChI is InChI=1S/C15H16BrNO/c1-11-5-3-8-14(15(11)16)17-10-12-6-4-7-13(9-12)18-2/h3-9,17H,10H2,1-2H3. The number of methoxy groups -OCH3 is 1. The summed E-state index contributed by atoms with van der Waals surface area (Å²) in [5.41, 5.74) is 3.53. The molecule has 94 valence electrons. The molecule has 0 saturated heterocycles. The van der Waals surface area contributed by atoms with Gasteiger partial charge in [-0.3, -0.25) is 0 Å². The van der Waals surface area contributed by atoms with Crippen LogP contribution in [0.25, 0.3) is 0 Å². The van der Waals surface area contributed by atoms with Crippen LogP contribution in [-0.2, 0) is 6.54 Å². The molecule has 1 N–H and O–H groups in total. The normalized spacial score (nSPS) is 10.2. The van der Waals surface area contributed by atoms with E-state index in [1.165, 1.54) is 11.1 Å². The summed E-state index contributed by atoms with van der Waals surface area (Å²) in [5, 5.41) is 3.42. The average molecular weight is 306 g/mol. The van der Waals surface area contributed by atoms with Crippen molar-refractivity contribution in [1.29, 1.82) is 0 Å². The predicted octanol–water partition coefficient (Wildman–Crippen LogP) is 4.38. The third kappa shape index (κ3) is 3.05. The summed E-state index contributed by atoms with van der Waals surface area (Å²) in [6, 6.07) is 14.3. The molecule has 2 nitrogen and oxygen atoms in total. The highest BCUT2D eigenvalue weighted by molar-refractivity contribution is 9.10. The number of anilines is 1. The molecule has 0 spiro atoms. The largest absolute Gasteiger partial charge is 0.497 e. The lowest BCUT2D eigenvalue weighted by Crippen LogP contribution is -2.00. The van der Waals surface area contributed by atoms with Gasteiger partial charge in [0.2, 0.25) is 0 Å². The zero-order valence-electron chi connectivity index (χ0n) is 10.5. The minimum atomic E-state index is 0.777.